The zero-order chi connectivity index (χ0) is 12.5. The maximum atomic E-state index is 5.43. The molecular weight excluding hydrogens is 278 g/mol. The number of hydrogen-bond acceptors (Lipinski definition) is 2. The molecule has 17 heavy (non-hydrogen) atoms. The van der Waals surface area contributed by atoms with Gasteiger partial charge in [0.25, 0.3) is 0 Å². The molecular formula is C14H20BrNO. The van der Waals surface area contributed by atoms with Crippen LogP contribution in [0.5, 0.6) is 5.75 Å². The lowest BCUT2D eigenvalue weighted by molar-refractivity contribution is 0.193. The van der Waals surface area contributed by atoms with Gasteiger partial charge in [-0.3, -0.25) is 0 Å². The Morgan fingerprint density at radius 2 is 1.94 bits per heavy atom. The van der Waals surface area contributed by atoms with Crippen molar-refractivity contribution in [2.24, 2.45) is 5.41 Å². The van der Waals surface area contributed by atoms with Crippen molar-refractivity contribution >= 4 is 21.6 Å². The Morgan fingerprint density at radius 1 is 1.29 bits per heavy atom. The average Bonchev–Trinajstić information content (AvgIpc) is 2.29. The number of halogens is 1. The monoisotopic (exact) mass is 297 g/mol. The number of ether oxygens (including phenoxy) is 1. The van der Waals surface area contributed by atoms with E-state index in [4.69, 9.17) is 4.74 Å². The molecule has 1 aliphatic rings. The molecule has 0 aromatic heterocycles. The number of hydrogen-bond donors (Lipinski definition) is 0. The molecule has 3 heteroatoms. The molecule has 2 nitrogen and oxygen atoms in total. The maximum absolute atomic E-state index is 5.43. The zero-order valence-electron chi connectivity index (χ0n) is 10.8. The van der Waals surface area contributed by atoms with Gasteiger partial charge in [0.1, 0.15) is 5.75 Å². The first-order valence-corrected chi connectivity index (χ1v) is 7.02. The van der Waals surface area contributed by atoms with Crippen molar-refractivity contribution in [1.82, 2.24) is 0 Å². The Balaban J connectivity index is 2.18. The van der Waals surface area contributed by atoms with Crippen molar-refractivity contribution in [2.45, 2.75) is 26.7 Å². The minimum Gasteiger partial charge on any atom is -0.495 e. The molecule has 0 atom stereocenters. The molecule has 0 unspecified atom stereocenters. The molecule has 1 fully saturated rings. The molecule has 1 heterocycles. The van der Waals surface area contributed by atoms with Crippen LogP contribution >= 0.6 is 15.9 Å². The summed E-state index contributed by atoms with van der Waals surface area (Å²) in [5, 5.41) is 0. The van der Waals surface area contributed by atoms with Crippen LogP contribution in [-0.4, -0.2) is 20.2 Å². The van der Waals surface area contributed by atoms with Crippen LogP contribution in [0.3, 0.4) is 0 Å². The lowest BCUT2D eigenvalue weighted by atomic mass is 9.75. The SMILES string of the molecule is CCC1(CC)CN(c2cc(Br)ccc2OC)C1. The summed E-state index contributed by atoms with van der Waals surface area (Å²) >= 11 is 3.53. The smallest absolute Gasteiger partial charge is 0.142 e. The predicted molar refractivity (Wildman–Crippen MR) is 75.9 cm³/mol. The van der Waals surface area contributed by atoms with Crippen molar-refractivity contribution in [3.63, 3.8) is 0 Å². The lowest BCUT2D eigenvalue weighted by Gasteiger charge is -2.51. The number of rotatable bonds is 4. The molecule has 1 saturated heterocycles. The van der Waals surface area contributed by atoms with Gasteiger partial charge in [0.05, 0.1) is 12.8 Å². The summed E-state index contributed by atoms with van der Waals surface area (Å²) in [7, 11) is 1.74. The van der Waals surface area contributed by atoms with E-state index in [1.807, 2.05) is 12.1 Å². The molecule has 0 amide bonds. The molecule has 1 aromatic rings. The molecule has 2 rings (SSSR count). The molecule has 0 N–H and O–H groups in total. The van der Waals surface area contributed by atoms with Crippen molar-refractivity contribution in [3.05, 3.63) is 22.7 Å². The summed E-state index contributed by atoms with van der Waals surface area (Å²) < 4.78 is 6.54. The van der Waals surface area contributed by atoms with E-state index >= 15 is 0 Å². The molecule has 0 radical (unpaired) electrons. The summed E-state index contributed by atoms with van der Waals surface area (Å²) in [5.74, 6) is 0.967. The van der Waals surface area contributed by atoms with Crippen LogP contribution in [0.2, 0.25) is 0 Å². The van der Waals surface area contributed by atoms with Gasteiger partial charge in [-0.25, -0.2) is 0 Å². The first kappa shape index (κ1) is 12.7. The summed E-state index contributed by atoms with van der Waals surface area (Å²) in [6.45, 7) is 6.87. The highest BCUT2D eigenvalue weighted by Crippen LogP contribution is 2.43. The largest absolute Gasteiger partial charge is 0.495 e. The fraction of sp³-hybridized carbons (Fsp3) is 0.571. The van der Waals surface area contributed by atoms with Gasteiger partial charge in [0, 0.05) is 23.0 Å². The Bertz CT molecular complexity index is 393. The number of benzene rings is 1. The number of nitrogens with zero attached hydrogens (tertiary/aromatic N) is 1. The summed E-state index contributed by atoms with van der Waals surface area (Å²) in [5.41, 5.74) is 1.73. The maximum Gasteiger partial charge on any atom is 0.142 e. The highest BCUT2D eigenvalue weighted by molar-refractivity contribution is 9.10. The molecule has 1 aromatic carbocycles. The van der Waals surface area contributed by atoms with Crippen LogP contribution in [0.25, 0.3) is 0 Å². The van der Waals surface area contributed by atoms with E-state index in [0.717, 1.165) is 23.3 Å². The van der Waals surface area contributed by atoms with Crippen LogP contribution in [0.1, 0.15) is 26.7 Å². The second kappa shape index (κ2) is 4.89. The second-order valence-corrected chi connectivity index (χ2v) is 5.80. The minimum atomic E-state index is 0.521. The topological polar surface area (TPSA) is 12.5 Å². The van der Waals surface area contributed by atoms with Crippen molar-refractivity contribution in [3.8, 4) is 5.75 Å². The molecule has 0 saturated carbocycles. The first-order chi connectivity index (χ1) is 8.14. The Kier molecular flexibility index (Phi) is 3.67. The summed E-state index contributed by atoms with van der Waals surface area (Å²) in [6, 6.07) is 6.19. The standard InChI is InChI=1S/C14H20BrNO/c1-4-14(5-2)9-16(10-14)12-8-11(15)6-7-13(12)17-3/h6-8H,4-5,9-10H2,1-3H3. The Hall–Kier alpha value is -0.700. The van der Waals surface area contributed by atoms with Crippen LogP contribution < -0.4 is 9.64 Å². The second-order valence-electron chi connectivity index (χ2n) is 4.88. The predicted octanol–water partition coefficient (Wildman–Crippen LogP) is 4.08. The van der Waals surface area contributed by atoms with E-state index < -0.39 is 0 Å². The number of methoxy groups -OCH3 is 1. The lowest BCUT2D eigenvalue weighted by Crippen LogP contribution is -2.56. The van der Waals surface area contributed by atoms with E-state index in [2.05, 4.69) is 40.7 Å². The van der Waals surface area contributed by atoms with Gasteiger partial charge >= 0.3 is 0 Å². The van der Waals surface area contributed by atoms with Gasteiger partial charge in [-0.2, -0.15) is 0 Å². The van der Waals surface area contributed by atoms with Crippen LogP contribution in [-0.2, 0) is 0 Å². The van der Waals surface area contributed by atoms with Crippen LogP contribution in [0.4, 0.5) is 5.69 Å². The highest BCUT2D eigenvalue weighted by Gasteiger charge is 2.40. The fourth-order valence-electron chi connectivity index (χ4n) is 2.54. The molecule has 1 aliphatic heterocycles. The van der Waals surface area contributed by atoms with Crippen LogP contribution in [0, 0.1) is 5.41 Å². The van der Waals surface area contributed by atoms with Crippen LogP contribution in [0.15, 0.2) is 22.7 Å². The number of anilines is 1. The molecule has 0 bridgehead atoms. The van der Waals surface area contributed by atoms with Gasteiger partial charge < -0.3 is 9.64 Å². The molecule has 0 aliphatic carbocycles. The third-order valence-electron chi connectivity index (χ3n) is 4.03. The third kappa shape index (κ3) is 2.30. The third-order valence-corrected chi connectivity index (χ3v) is 4.53. The van der Waals surface area contributed by atoms with E-state index in [1.54, 1.807) is 7.11 Å². The van der Waals surface area contributed by atoms with E-state index in [-0.39, 0.29) is 0 Å². The van der Waals surface area contributed by atoms with Gasteiger partial charge in [0.15, 0.2) is 0 Å². The van der Waals surface area contributed by atoms with Crippen molar-refractivity contribution in [2.75, 3.05) is 25.1 Å². The van der Waals surface area contributed by atoms with E-state index in [0.29, 0.717) is 5.41 Å². The van der Waals surface area contributed by atoms with E-state index in [1.165, 1.54) is 18.5 Å². The van der Waals surface area contributed by atoms with Gasteiger partial charge in [-0.05, 0) is 31.0 Å². The summed E-state index contributed by atoms with van der Waals surface area (Å²) in [4.78, 5) is 2.41. The molecule has 94 valence electrons. The average molecular weight is 298 g/mol. The van der Waals surface area contributed by atoms with Gasteiger partial charge in [-0.15, -0.1) is 0 Å². The fourth-order valence-corrected chi connectivity index (χ4v) is 2.89. The Labute approximate surface area is 112 Å². The highest BCUT2D eigenvalue weighted by atomic mass is 79.9. The van der Waals surface area contributed by atoms with Crippen molar-refractivity contribution in [1.29, 1.82) is 0 Å². The first-order valence-electron chi connectivity index (χ1n) is 6.22. The van der Waals surface area contributed by atoms with E-state index in [9.17, 15) is 0 Å². The van der Waals surface area contributed by atoms with Crippen molar-refractivity contribution < 1.29 is 4.74 Å². The van der Waals surface area contributed by atoms with Gasteiger partial charge in [0.2, 0.25) is 0 Å². The van der Waals surface area contributed by atoms with Gasteiger partial charge in [-0.1, -0.05) is 29.8 Å². The zero-order valence-corrected chi connectivity index (χ0v) is 12.4. The minimum absolute atomic E-state index is 0.521. The molecule has 0 spiro atoms. The Morgan fingerprint density at radius 3 is 2.47 bits per heavy atom. The quantitative estimate of drug-likeness (QED) is 0.830. The normalized spacial score (nSPS) is 17.8. The summed E-state index contributed by atoms with van der Waals surface area (Å²) in [6.07, 6.45) is 2.52.